The molecule has 6 nitrogen and oxygen atoms in total. The predicted molar refractivity (Wildman–Crippen MR) is 137 cm³/mol. The Bertz CT molecular complexity index is 1400. The molecule has 4 rings (SSSR count). The van der Waals surface area contributed by atoms with Crippen LogP contribution in [0.25, 0.3) is 6.08 Å². The third-order valence-corrected chi connectivity index (χ3v) is 6.19. The molecule has 1 fully saturated rings. The van der Waals surface area contributed by atoms with Crippen LogP contribution in [0.5, 0.6) is 5.75 Å². The van der Waals surface area contributed by atoms with E-state index in [1.54, 1.807) is 36.4 Å². The summed E-state index contributed by atoms with van der Waals surface area (Å²) in [5.74, 6) is -1.39. The number of hydrogen-bond acceptors (Lipinski definition) is 4. The minimum Gasteiger partial charge on any atom is -0.487 e. The van der Waals surface area contributed by atoms with Gasteiger partial charge in [-0.3, -0.25) is 14.9 Å². The smallest absolute Gasteiger partial charge is 0.335 e. The summed E-state index contributed by atoms with van der Waals surface area (Å²) in [6.07, 6.45) is 1.31. The fourth-order valence-electron chi connectivity index (χ4n) is 3.53. The highest BCUT2D eigenvalue weighted by Crippen LogP contribution is 2.35. The lowest BCUT2D eigenvalue weighted by Gasteiger charge is -2.27. The third kappa shape index (κ3) is 5.35. The molecule has 4 amide bonds. The summed E-state index contributed by atoms with van der Waals surface area (Å²) in [7, 11) is 0. The molecule has 0 aliphatic carbocycles. The van der Waals surface area contributed by atoms with Gasteiger partial charge in [0.1, 0.15) is 17.9 Å². The van der Waals surface area contributed by atoms with Crippen LogP contribution in [0.2, 0.25) is 15.1 Å². The second-order valence-corrected chi connectivity index (χ2v) is 9.23. The molecule has 0 atom stereocenters. The quantitative estimate of drug-likeness (QED) is 0.302. The molecule has 35 heavy (non-hydrogen) atoms. The minimum absolute atomic E-state index is 0.130. The van der Waals surface area contributed by atoms with Gasteiger partial charge in [0.2, 0.25) is 0 Å². The van der Waals surface area contributed by atoms with Gasteiger partial charge in [0.15, 0.2) is 0 Å². The van der Waals surface area contributed by atoms with E-state index in [4.69, 9.17) is 39.5 Å². The van der Waals surface area contributed by atoms with Gasteiger partial charge in [-0.1, -0.05) is 53.0 Å². The van der Waals surface area contributed by atoms with Crippen LogP contribution >= 0.6 is 34.8 Å². The highest BCUT2D eigenvalue weighted by Gasteiger charge is 2.37. The molecule has 0 saturated carbocycles. The first-order valence-corrected chi connectivity index (χ1v) is 11.6. The SMILES string of the molecule is Cc1ccc(N2C(=O)NC(=O)/C(=C\c3cc(Cl)cc(Cl)c3OCc3cccc(Cl)c3)C2=O)cc1C. The monoisotopic (exact) mass is 528 g/mol. The van der Waals surface area contributed by atoms with Gasteiger partial charge in [-0.25, -0.2) is 9.69 Å². The van der Waals surface area contributed by atoms with Crippen LogP contribution in [0.4, 0.5) is 10.5 Å². The lowest BCUT2D eigenvalue weighted by Crippen LogP contribution is -2.54. The van der Waals surface area contributed by atoms with Crippen molar-refractivity contribution >= 4 is 64.4 Å². The minimum atomic E-state index is -0.836. The van der Waals surface area contributed by atoms with E-state index in [-0.39, 0.29) is 28.0 Å². The molecule has 0 bridgehead atoms. The van der Waals surface area contributed by atoms with Gasteiger partial charge in [-0.05, 0) is 73.0 Å². The second kappa shape index (κ2) is 10.1. The molecule has 0 radical (unpaired) electrons. The summed E-state index contributed by atoms with van der Waals surface area (Å²) in [6.45, 7) is 3.91. The molecular weight excluding hydrogens is 511 g/mol. The number of halogens is 3. The van der Waals surface area contributed by atoms with Crippen LogP contribution in [0.1, 0.15) is 22.3 Å². The molecular formula is C26H19Cl3N2O4. The molecule has 1 N–H and O–H groups in total. The van der Waals surface area contributed by atoms with Gasteiger partial charge in [0, 0.05) is 15.6 Å². The van der Waals surface area contributed by atoms with Crippen LogP contribution in [0.3, 0.4) is 0 Å². The van der Waals surface area contributed by atoms with Gasteiger partial charge in [0.05, 0.1) is 10.7 Å². The van der Waals surface area contributed by atoms with E-state index in [9.17, 15) is 14.4 Å². The molecule has 1 aliphatic heterocycles. The zero-order chi connectivity index (χ0) is 25.3. The van der Waals surface area contributed by atoms with E-state index in [2.05, 4.69) is 5.32 Å². The van der Waals surface area contributed by atoms with Crippen molar-refractivity contribution in [2.45, 2.75) is 20.5 Å². The van der Waals surface area contributed by atoms with Gasteiger partial charge in [-0.15, -0.1) is 0 Å². The normalized spacial score (nSPS) is 14.9. The number of amides is 4. The number of anilines is 1. The highest BCUT2D eigenvalue weighted by molar-refractivity contribution is 6.40. The van der Waals surface area contributed by atoms with Gasteiger partial charge >= 0.3 is 6.03 Å². The van der Waals surface area contributed by atoms with Crippen molar-refractivity contribution < 1.29 is 19.1 Å². The Balaban J connectivity index is 1.72. The molecule has 1 aliphatic rings. The second-order valence-electron chi connectivity index (χ2n) is 7.95. The third-order valence-electron chi connectivity index (χ3n) is 5.46. The largest absolute Gasteiger partial charge is 0.487 e. The molecule has 1 heterocycles. The number of barbiturate groups is 1. The number of carbonyl (C=O) groups excluding carboxylic acids is 3. The van der Waals surface area contributed by atoms with Crippen molar-refractivity contribution in [1.82, 2.24) is 5.32 Å². The van der Waals surface area contributed by atoms with E-state index in [0.717, 1.165) is 21.6 Å². The van der Waals surface area contributed by atoms with E-state index < -0.39 is 17.8 Å². The lowest BCUT2D eigenvalue weighted by atomic mass is 10.0. The van der Waals surface area contributed by atoms with Gasteiger partial charge < -0.3 is 4.74 Å². The number of benzene rings is 3. The van der Waals surface area contributed by atoms with E-state index >= 15 is 0 Å². The number of nitrogens with one attached hydrogen (secondary N) is 1. The first kappa shape index (κ1) is 24.8. The number of ether oxygens (including phenoxy) is 1. The fourth-order valence-corrected chi connectivity index (χ4v) is 4.31. The van der Waals surface area contributed by atoms with Crippen LogP contribution < -0.4 is 15.0 Å². The number of aryl methyl sites for hydroxylation is 2. The number of urea groups is 1. The Kier molecular flexibility index (Phi) is 7.17. The number of rotatable bonds is 5. The van der Waals surface area contributed by atoms with Crippen LogP contribution in [-0.4, -0.2) is 17.8 Å². The Morgan fingerprint density at radius 1 is 0.914 bits per heavy atom. The van der Waals surface area contributed by atoms with Crippen LogP contribution in [0.15, 0.2) is 60.2 Å². The van der Waals surface area contributed by atoms with Crippen molar-refractivity contribution in [3.8, 4) is 5.75 Å². The van der Waals surface area contributed by atoms with Gasteiger partial charge in [0.25, 0.3) is 11.8 Å². The Hall–Kier alpha value is -3.32. The van der Waals surface area contributed by atoms with Crippen molar-refractivity contribution in [3.63, 3.8) is 0 Å². The highest BCUT2D eigenvalue weighted by atomic mass is 35.5. The number of carbonyl (C=O) groups is 3. The van der Waals surface area contributed by atoms with E-state index in [1.165, 1.54) is 18.2 Å². The fraction of sp³-hybridized carbons (Fsp3) is 0.115. The molecule has 0 unspecified atom stereocenters. The molecule has 178 valence electrons. The summed E-state index contributed by atoms with van der Waals surface area (Å²) in [5.41, 5.74) is 3.06. The predicted octanol–water partition coefficient (Wildman–Crippen LogP) is 6.51. The lowest BCUT2D eigenvalue weighted by molar-refractivity contribution is -0.122. The van der Waals surface area contributed by atoms with Crippen molar-refractivity contribution in [3.05, 3.63) is 97.5 Å². The molecule has 3 aromatic rings. The zero-order valence-electron chi connectivity index (χ0n) is 18.7. The summed E-state index contributed by atoms with van der Waals surface area (Å²) < 4.78 is 5.92. The van der Waals surface area contributed by atoms with Gasteiger partial charge in [-0.2, -0.15) is 0 Å². The maximum absolute atomic E-state index is 13.3. The van der Waals surface area contributed by atoms with E-state index in [0.29, 0.717) is 16.3 Å². The van der Waals surface area contributed by atoms with Crippen molar-refractivity contribution in [2.75, 3.05) is 4.90 Å². The zero-order valence-corrected chi connectivity index (χ0v) is 21.0. The van der Waals surface area contributed by atoms with Crippen LogP contribution in [-0.2, 0) is 16.2 Å². The molecule has 0 spiro atoms. The Morgan fingerprint density at radius 3 is 2.40 bits per heavy atom. The van der Waals surface area contributed by atoms with Crippen molar-refractivity contribution in [1.29, 1.82) is 0 Å². The summed E-state index contributed by atoms with van der Waals surface area (Å²) in [4.78, 5) is 39.4. The molecule has 1 saturated heterocycles. The maximum Gasteiger partial charge on any atom is 0.335 e. The molecule has 0 aromatic heterocycles. The topological polar surface area (TPSA) is 75.7 Å². The Morgan fingerprint density at radius 2 is 1.69 bits per heavy atom. The van der Waals surface area contributed by atoms with Crippen molar-refractivity contribution in [2.24, 2.45) is 0 Å². The van der Waals surface area contributed by atoms with E-state index in [1.807, 2.05) is 19.9 Å². The Labute approximate surface area is 217 Å². The summed E-state index contributed by atoms with van der Waals surface area (Å²) in [6, 6.07) is 14.4. The number of imide groups is 2. The maximum atomic E-state index is 13.3. The number of hydrogen-bond donors (Lipinski definition) is 1. The first-order chi connectivity index (χ1) is 16.6. The molecule has 9 heteroatoms. The number of nitrogens with zero attached hydrogens (tertiary/aromatic N) is 1. The molecule has 3 aromatic carbocycles. The first-order valence-electron chi connectivity index (χ1n) is 10.5. The average Bonchev–Trinajstić information content (AvgIpc) is 2.78. The summed E-state index contributed by atoms with van der Waals surface area (Å²) >= 11 is 18.6. The van der Waals surface area contributed by atoms with Crippen LogP contribution in [0, 0.1) is 13.8 Å². The summed E-state index contributed by atoms with van der Waals surface area (Å²) in [5, 5.41) is 3.24. The standard InChI is InChI=1S/C26H19Cl3N2O4/c1-14-6-7-20(8-15(14)2)31-25(33)21(24(32)30-26(31)34)11-17-10-19(28)12-22(29)23(17)35-13-16-4-3-5-18(27)9-16/h3-12H,13H2,1-2H3,(H,30,32,34)/b21-11+. The average molecular weight is 530 g/mol.